The SMILES string of the molecule is NC(=NCl)Nc1cncc2cc(S(=O)(=O)N3CCCC3CO)ccc12. The molecule has 1 aliphatic rings. The zero-order valence-electron chi connectivity index (χ0n) is 13.3. The van der Waals surface area contributed by atoms with Gasteiger partial charge in [-0.3, -0.25) is 4.98 Å². The first-order chi connectivity index (χ1) is 12.0. The Bertz CT molecular complexity index is 919. The third-order valence-corrected chi connectivity index (χ3v) is 6.35. The Morgan fingerprint density at radius 2 is 2.28 bits per heavy atom. The Labute approximate surface area is 150 Å². The number of rotatable bonds is 4. The summed E-state index contributed by atoms with van der Waals surface area (Å²) >= 11 is 5.31. The van der Waals surface area contributed by atoms with Gasteiger partial charge >= 0.3 is 0 Å². The highest BCUT2D eigenvalue weighted by Crippen LogP contribution is 2.29. The van der Waals surface area contributed by atoms with E-state index in [2.05, 4.69) is 14.8 Å². The number of aliphatic hydroxyl groups excluding tert-OH is 1. The maximum atomic E-state index is 12.9. The van der Waals surface area contributed by atoms with Crippen LogP contribution in [0.4, 0.5) is 5.69 Å². The number of guanidine groups is 1. The summed E-state index contributed by atoms with van der Waals surface area (Å²) in [6.45, 7) is 0.230. The Hall–Kier alpha value is -1.94. The monoisotopic (exact) mass is 383 g/mol. The van der Waals surface area contributed by atoms with Crippen LogP contribution in [0.15, 0.2) is 40.0 Å². The molecule has 4 N–H and O–H groups in total. The Morgan fingerprint density at radius 1 is 1.48 bits per heavy atom. The van der Waals surface area contributed by atoms with Crippen molar-refractivity contribution >= 4 is 44.2 Å². The van der Waals surface area contributed by atoms with Gasteiger partial charge in [-0.1, -0.05) is 6.07 Å². The molecule has 134 valence electrons. The van der Waals surface area contributed by atoms with Crippen molar-refractivity contribution in [1.82, 2.24) is 9.29 Å². The van der Waals surface area contributed by atoms with Gasteiger partial charge in [0.05, 0.1) is 23.4 Å². The van der Waals surface area contributed by atoms with Crippen molar-refractivity contribution in [2.75, 3.05) is 18.5 Å². The highest BCUT2D eigenvalue weighted by Gasteiger charge is 2.34. The standard InChI is InChI=1S/C15H18ClN5O3S/c16-20-15(17)19-14-8-18-7-10-6-12(3-4-13(10)14)25(23,24)21-5-1-2-11(21)9-22/h3-4,6-8,11,22H,1-2,5,9H2,(H3,17,19,20). The van der Waals surface area contributed by atoms with Gasteiger partial charge in [-0.2, -0.15) is 4.31 Å². The second kappa shape index (κ2) is 7.12. The molecule has 2 heterocycles. The van der Waals surface area contributed by atoms with E-state index in [-0.39, 0.29) is 23.5 Å². The molecular weight excluding hydrogens is 366 g/mol. The number of benzene rings is 1. The van der Waals surface area contributed by atoms with Crippen molar-refractivity contribution in [3.8, 4) is 0 Å². The van der Waals surface area contributed by atoms with Crippen LogP contribution in [0.3, 0.4) is 0 Å². The molecule has 2 aromatic rings. The van der Waals surface area contributed by atoms with Crippen molar-refractivity contribution in [3.05, 3.63) is 30.6 Å². The van der Waals surface area contributed by atoms with E-state index in [9.17, 15) is 13.5 Å². The Morgan fingerprint density at radius 3 is 3.00 bits per heavy atom. The highest BCUT2D eigenvalue weighted by atomic mass is 35.5. The zero-order valence-corrected chi connectivity index (χ0v) is 14.8. The Balaban J connectivity index is 2.02. The lowest BCUT2D eigenvalue weighted by atomic mass is 10.1. The van der Waals surface area contributed by atoms with Crippen LogP contribution in [0.2, 0.25) is 0 Å². The molecule has 10 heteroatoms. The van der Waals surface area contributed by atoms with E-state index in [1.807, 2.05) is 0 Å². The molecule has 0 aliphatic carbocycles. The van der Waals surface area contributed by atoms with Crippen LogP contribution in [0, 0.1) is 0 Å². The topological polar surface area (TPSA) is 121 Å². The van der Waals surface area contributed by atoms with E-state index < -0.39 is 10.0 Å². The number of anilines is 1. The number of aromatic nitrogens is 1. The summed E-state index contributed by atoms with van der Waals surface area (Å²) in [7, 11) is -3.68. The van der Waals surface area contributed by atoms with Crippen LogP contribution >= 0.6 is 11.8 Å². The predicted molar refractivity (Wildman–Crippen MR) is 96.8 cm³/mol. The number of sulfonamides is 1. The summed E-state index contributed by atoms with van der Waals surface area (Å²) in [5, 5.41) is 13.6. The minimum absolute atomic E-state index is 0.00974. The molecule has 1 unspecified atom stereocenters. The van der Waals surface area contributed by atoms with Crippen LogP contribution in [0.5, 0.6) is 0 Å². The molecule has 0 radical (unpaired) electrons. The third-order valence-electron chi connectivity index (χ3n) is 4.22. The smallest absolute Gasteiger partial charge is 0.243 e. The van der Waals surface area contributed by atoms with E-state index in [1.54, 1.807) is 24.5 Å². The second-order valence-electron chi connectivity index (χ2n) is 5.76. The van der Waals surface area contributed by atoms with Gasteiger partial charge in [0.1, 0.15) is 0 Å². The molecule has 1 aromatic heterocycles. The molecule has 0 amide bonds. The summed E-state index contributed by atoms with van der Waals surface area (Å²) in [4.78, 5) is 4.25. The molecule has 0 spiro atoms. The van der Waals surface area contributed by atoms with E-state index in [0.717, 1.165) is 11.8 Å². The molecule has 3 rings (SSSR count). The lowest BCUT2D eigenvalue weighted by molar-refractivity contribution is 0.213. The van der Waals surface area contributed by atoms with E-state index in [0.29, 0.717) is 24.0 Å². The van der Waals surface area contributed by atoms with Crippen molar-refractivity contribution in [2.45, 2.75) is 23.8 Å². The van der Waals surface area contributed by atoms with Crippen molar-refractivity contribution in [3.63, 3.8) is 0 Å². The van der Waals surface area contributed by atoms with Gasteiger partial charge in [-0.15, -0.1) is 4.51 Å². The number of nitrogens with zero attached hydrogens (tertiary/aromatic N) is 3. The van der Waals surface area contributed by atoms with Crippen LogP contribution in [0.25, 0.3) is 10.8 Å². The van der Waals surface area contributed by atoms with Gasteiger partial charge in [0, 0.05) is 41.3 Å². The van der Waals surface area contributed by atoms with Gasteiger partial charge in [-0.25, -0.2) is 8.42 Å². The van der Waals surface area contributed by atoms with Gasteiger partial charge in [-0.05, 0) is 25.0 Å². The summed E-state index contributed by atoms with van der Waals surface area (Å²) < 4.78 is 30.4. The average Bonchev–Trinajstić information content (AvgIpc) is 3.11. The molecule has 1 aromatic carbocycles. The molecule has 8 nitrogen and oxygen atoms in total. The summed E-state index contributed by atoms with van der Waals surface area (Å²) in [6.07, 6.45) is 4.52. The van der Waals surface area contributed by atoms with Crippen LogP contribution in [-0.2, 0) is 10.0 Å². The third kappa shape index (κ3) is 3.40. The number of aliphatic hydroxyl groups is 1. The molecule has 1 fully saturated rings. The number of pyridine rings is 1. The second-order valence-corrected chi connectivity index (χ2v) is 7.82. The molecule has 0 saturated carbocycles. The number of hydrogen-bond acceptors (Lipinski definition) is 5. The van der Waals surface area contributed by atoms with E-state index >= 15 is 0 Å². The predicted octanol–water partition coefficient (Wildman–Crippen LogP) is 1.26. The normalized spacial score (nSPS) is 19.4. The molecule has 1 saturated heterocycles. The van der Waals surface area contributed by atoms with E-state index in [1.165, 1.54) is 10.4 Å². The first-order valence-electron chi connectivity index (χ1n) is 7.69. The maximum absolute atomic E-state index is 12.9. The lowest BCUT2D eigenvalue weighted by Crippen LogP contribution is -2.37. The number of hydrogen-bond donors (Lipinski definition) is 3. The van der Waals surface area contributed by atoms with Gasteiger partial charge in [0.15, 0.2) is 0 Å². The number of fused-ring (bicyclic) bond motifs is 1. The molecular formula is C15H18ClN5O3S. The van der Waals surface area contributed by atoms with Gasteiger partial charge in [0.2, 0.25) is 16.0 Å². The van der Waals surface area contributed by atoms with Crippen LogP contribution in [0.1, 0.15) is 12.8 Å². The van der Waals surface area contributed by atoms with Gasteiger partial charge in [0.25, 0.3) is 0 Å². The van der Waals surface area contributed by atoms with Crippen molar-refractivity contribution in [2.24, 2.45) is 10.2 Å². The van der Waals surface area contributed by atoms with Crippen molar-refractivity contribution in [1.29, 1.82) is 0 Å². The van der Waals surface area contributed by atoms with Crippen LogP contribution in [-0.4, -0.2) is 48.0 Å². The number of halogens is 1. The van der Waals surface area contributed by atoms with Crippen LogP contribution < -0.4 is 11.1 Å². The first kappa shape index (κ1) is 17.9. The summed E-state index contributed by atoms with van der Waals surface area (Å²) in [5.41, 5.74) is 6.13. The lowest BCUT2D eigenvalue weighted by Gasteiger charge is -2.22. The summed E-state index contributed by atoms with van der Waals surface area (Å²) in [5.74, 6) is 0.00974. The number of nitrogens with one attached hydrogen (secondary N) is 1. The molecule has 1 aliphatic heterocycles. The average molecular weight is 384 g/mol. The molecule has 1 atom stereocenters. The number of nitrogens with two attached hydrogens (primary N) is 1. The van der Waals surface area contributed by atoms with Gasteiger partial charge < -0.3 is 16.2 Å². The Kier molecular flexibility index (Phi) is 5.09. The molecule has 0 bridgehead atoms. The minimum Gasteiger partial charge on any atom is -0.395 e. The van der Waals surface area contributed by atoms with Crippen molar-refractivity contribution < 1.29 is 13.5 Å². The molecule has 25 heavy (non-hydrogen) atoms. The fourth-order valence-electron chi connectivity index (χ4n) is 3.02. The highest BCUT2D eigenvalue weighted by molar-refractivity contribution is 7.89. The fourth-order valence-corrected chi connectivity index (χ4v) is 4.78. The first-order valence-corrected chi connectivity index (χ1v) is 9.47. The largest absolute Gasteiger partial charge is 0.395 e. The minimum atomic E-state index is -3.68. The fraction of sp³-hybridized carbons (Fsp3) is 0.333. The van der Waals surface area contributed by atoms with E-state index in [4.69, 9.17) is 17.5 Å². The zero-order chi connectivity index (χ0) is 18.0. The summed E-state index contributed by atoms with van der Waals surface area (Å²) in [6, 6.07) is 4.40. The quantitative estimate of drug-likeness (QED) is 0.540. The maximum Gasteiger partial charge on any atom is 0.243 e.